The van der Waals surface area contributed by atoms with E-state index in [0.717, 1.165) is 10.9 Å². The van der Waals surface area contributed by atoms with Crippen LogP contribution in [0.4, 0.5) is 17.6 Å². The second kappa shape index (κ2) is 7.68. The lowest BCUT2D eigenvalue weighted by atomic mass is 9.87. The number of aromatic amines is 1. The van der Waals surface area contributed by atoms with Crippen molar-refractivity contribution in [1.82, 2.24) is 9.88 Å². The van der Waals surface area contributed by atoms with Gasteiger partial charge < -0.3 is 4.98 Å². The average Bonchev–Trinajstić information content (AvgIpc) is 3.00. The van der Waals surface area contributed by atoms with Crippen LogP contribution in [-0.4, -0.2) is 28.1 Å². The lowest BCUT2D eigenvalue weighted by Gasteiger charge is -2.43. The van der Waals surface area contributed by atoms with E-state index in [2.05, 4.69) is 20.9 Å². The van der Waals surface area contributed by atoms with Crippen LogP contribution < -0.4 is 0 Å². The fourth-order valence-corrected chi connectivity index (χ4v) is 4.80. The van der Waals surface area contributed by atoms with Gasteiger partial charge in [-0.25, -0.2) is 17.6 Å². The summed E-state index contributed by atoms with van der Waals surface area (Å²) in [5.41, 5.74) is 0.378. The van der Waals surface area contributed by atoms with Crippen LogP contribution in [0.15, 0.2) is 34.8 Å². The highest BCUT2D eigenvalue weighted by Gasteiger charge is 2.41. The molecule has 1 N–H and O–H groups in total. The van der Waals surface area contributed by atoms with Crippen molar-refractivity contribution >= 4 is 26.8 Å². The Kier molecular flexibility index (Phi) is 5.47. The standard InChI is InChI=1S/C23H23BrF4N2/c1-4-23(3,28)11-30-12(2)7-16-15-6-5-14(25)10-19(15)29-21(16)22(30)20-17(26)8-13(24)9-18(20)27/h5-6,8-10,12,22,29H,4,7,11H2,1-3H3. The predicted octanol–water partition coefficient (Wildman–Crippen LogP) is 6.82. The third-order valence-electron chi connectivity index (χ3n) is 6.14. The van der Waals surface area contributed by atoms with Gasteiger partial charge in [0.15, 0.2) is 0 Å². The summed E-state index contributed by atoms with van der Waals surface area (Å²) in [6.45, 7) is 5.20. The molecule has 0 saturated carbocycles. The van der Waals surface area contributed by atoms with Crippen LogP contribution in [0.5, 0.6) is 0 Å². The molecule has 160 valence electrons. The maximum absolute atomic E-state index is 15.1. The van der Waals surface area contributed by atoms with Gasteiger partial charge in [-0.2, -0.15) is 0 Å². The Hall–Kier alpha value is -1.86. The van der Waals surface area contributed by atoms with Crippen molar-refractivity contribution in [2.24, 2.45) is 0 Å². The van der Waals surface area contributed by atoms with Crippen molar-refractivity contribution in [3.05, 3.63) is 69.1 Å². The van der Waals surface area contributed by atoms with Gasteiger partial charge in [0.2, 0.25) is 0 Å². The van der Waals surface area contributed by atoms with Gasteiger partial charge in [0, 0.05) is 39.2 Å². The summed E-state index contributed by atoms with van der Waals surface area (Å²) in [5.74, 6) is -1.82. The number of fused-ring (bicyclic) bond motifs is 3. The summed E-state index contributed by atoms with van der Waals surface area (Å²) in [6.07, 6.45) is 0.843. The first-order chi connectivity index (χ1) is 14.1. The fourth-order valence-electron chi connectivity index (χ4n) is 4.40. The molecule has 0 spiro atoms. The number of nitrogens with zero attached hydrogens (tertiary/aromatic N) is 1. The molecule has 2 heterocycles. The van der Waals surface area contributed by atoms with Crippen molar-refractivity contribution in [3.63, 3.8) is 0 Å². The Balaban J connectivity index is 1.97. The van der Waals surface area contributed by atoms with Gasteiger partial charge in [0.1, 0.15) is 23.1 Å². The van der Waals surface area contributed by atoms with Crippen molar-refractivity contribution in [2.75, 3.05) is 6.54 Å². The normalized spacial score (nSPS) is 21.6. The maximum Gasteiger partial charge on any atom is 0.132 e. The van der Waals surface area contributed by atoms with Crippen LogP contribution >= 0.6 is 15.9 Å². The minimum Gasteiger partial charge on any atom is -0.356 e. The van der Waals surface area contributed by atoms with E-state index in [1.54, 1.807) is 13.0 Å². The van der Waals surface area contributed by atoms with Gasteiger partial charge in [-0.15, -0.1) is 0 Å². The molecule has 3 aromatic rings. The van der Waals surface area contributed by atoms with Crippen LogP contribution in [0, 0.1) is 17.5 Å². The maximum atomic E-state index is 15.1. The van der Waals surface area contributed by atoms with Crippen molar-refractivity contribution < 1.29 is 17.6 Å². The number of rotatable bonds is 4. The van der Waals surface area contributed by atoms with Crippen LogP contribution in [0.1, 0.15) is 50.1 Å². The minimum atomic E-state index is -1.52. The molecular weight excluding hydrogens is 460 g/mol. The molecule has 0 radical (unpaired) electrons. The van der Waals surface area contributed by atoms with Gasteiger partial charge in [0.05, 0.1) is 6.04 Å². The molecule has 2 nitrogen and oxygen atoms in total. The third-order valence-corrected chi connectivity index (χ3v) is 6.60. The zero-order valence-electron chi connectivity index (χ0n) is 17.0. The molecule has 3 unspecified atom stereocenters. The molecule has 1 aliphatic heterocycles. The Morgan fingerprint density at radius 1 is 1.17 bits per heavy atom. The molecule has 30 heavy (non-hydrogen) atoms. The monoisotopic (exact) mass is 482 g/mol. The zero-order valence-corrected chi connectivity index (χ0v) is 18.6. The molecule has 4 rings (SSSR count). The molecule has 0 bridgehead atoms. The van der Waals surface area contributed by atoms with Gasteiger partial charge in [-0.1, -0.05) is 22.9 Å². The van der Waals surface area contributed by atoms with Crippen LogP contribution in [-0.2, 0) is 6.42 Å². The highest BCUT2D eigenvalue weighted by molar-refractivity contribution is 9.10. The van der Waals surface area contributed by atoms with E-state index in [9.17, 15) is 4.39 Å². The van der Waals surface area contributed by atoms with Gasteiger partial charge >= 0.3 is 0 Å². The van der Waals surface area contributed by atoms with Crippen LogP contribution in [0.3, 0.4) is 0 Å². The Morgan fingerprint density at radius 2 is 1.83 bits per heavy atom. The van der Waals surface area contributed by atoms with E-state index in [-0.39, 0.29) is 24.6 Å². The molecule has 1 aromatic heterocycles. The number of halogens is 5. The molecule has 0 fully saturated rings. The molecule has 1 aliphatic rings. The third kappa shape index (κ3) is 3.66. The topological polar surface area (TPSA) is 19.0 Å². The molecule has 3 atom stereocenters. The summed E-state index contributed by atoms with van der Waals surface area (Å²) >= 11 is 3.12. The average molecular weight is 483 g/mol. The molecule has 0 amide bonds. The fraction of sp³-hybridized carbons (Fsp3) is 0.391. The number of H-pyrrole nitrogens is 1. The number of alkyl halides is 1. The van der Waals surface area contributed by atoms with E-state index >= 15 is 13.2 Å². The Labute approximate surface area is 181 Å². The number of aromatic nitrogens is 1. The predicted molar refractivity (Wildman–Crippen MR) is 114 cm³/mol. The zero-order chi connectivity index (χ0) is 21.8. The van der Waals surface area contributed by atoms with Crippen molar-refractivity contribution in [1.29, 1.82) is 0 Å². The summed E-state index contributed by atoms with van der Waals surface area (Å²) in [4.78, 5) is 4.99. The summed E-state index contributed by atoms with van der Waals surface area (Å²) in [7, 11) is 0. The smallest absolute Gasteiger partial charge is 0.132 e. The highest BCUT2D eigenvalue weighted by Crippen LogP contribution is 2.43. The van der Waals surface area contributed by atoms with Gasteiger partial charge in [-0.3, -0.25) is 4.90 Å². The number of hydrogen-bond acceptors (Lipinski definition) is 1. The molecule has 0 saturated heterocycles. The lowest BCUT2D eigenvalue weighted by molar-refractivity contribution is 0.0515. The second-order valence-corrected chi connectivity index (χ2v) is 9.30. The first-order valence-electron chi connectivity index (χ1n) is 10.0. The number of nitrogens with one attached hydrogen (secondary N) is 1. The Bertz CT molecular complexity index is 1090. The van der Waals surface area contributed by atoms with E-state index in [1.165, 1.54) is 31.2 Å². The highest BCUT2D eigenvalue weighted by atomic mass is 79.9. The molecule has 7 heteroatoms. The minimum absolute atomic E-state index is 0.0213. The summed E-state index contributed by atoms with van der Waals surface area (Å²) < 4.78 is 59.3. The first kappa shape index (κ1) is 21.4. The summed E-state index contributed by atoms with van der Waals surface area (Å²) in [5, 5.41) is 0.819. The second-order valence-electron chi connectivity index (χ2n) is 8.39. The number of hydrogen-bond donors (Lipinski definition) is 1. The van der Waals surface area contributed by atoms with Gasteiger partial charge in [0.25, 0.3) is 0 Å². The van der Waals surface area contributed by atoms with E-state index < -0.39 is 29.2 Å². The van der Waals surface area contributed by atoms with E-state index in [0.29, 0.717) is 22.1 Å². The van der Waals surface area contributed by atoms with Crippen molar-refractivity contribution in [3.8, 4) is 0 Å². The first-order valence-corrected chi connectivity index (χ1v) is 10.8. The summed E-state index contributed by atoms with van der Waals surface area (Å²) in [6, 6.07) is 5.83. The van der Waals surface area contributed by atoms with Gasteiger partial charge in [-0.05, 0) is 62.6 Å². The molecule has 0 aliphatic carbocycles. The quantitative estimate of drug-likeness (QED) is 0.404. The van der Waals surface area contributed by atoms with Crippen molar-refractivity contribution in [2.45, 2.75) is 51.4 Å². The largest absolute Gasteiger partial charge is 0.356 e. The lowest BCUT2D eigenvalue weighted by Crippen LogP contribution is -2.48. The Morgan fingerprint density at radius 3 is 2.47 bits per heavy atom. The number of benzene rings is 2. The van der Waals surface area contributed by atoms with E-state index in [1.807, 2.05) is 11.8 Å². The SMILES string of the molecule is CCC(C)(F)CN1C(C)Cc2c([nH]c3cc(F)ccc23)C1c1c(F)cc(Br)cc1F. The molecule has 2 aromatic carbocycles. The van der Waals surface area contributed by atoms with Crippen LogP contribution in [0.2, 0.25) is 0 Å². The van der Waals surface area contributed by atoms with Crippen LogP contribution in [0.25, 0.3) is 10.9 Å². The molecular formula is C23H23BrF4N2. The van der Waals surface area contributed by atoms with E-state index in [4.69, 9.17) is 0 Å².